The molecule has 0 heterocycles. The van der Waals surface area contributed by atoms with Crippen LogP contribution in [-0.2, 0) is 4.79 Å². The van der Waals surface area contributed by atoms with Crippen LogP contribution in [0.15, 0.2) is 18.2 Å². The number of hydrogen-bond donors (Lipinski definition) is 1. The first kappa shape index (κ1) is 17.1. The summed E-state index contributed by atoms with van der Waals surface area (Å²) >= 11 is 5.94. The van der Waals surface area contributed by atoms with Crippen LogP contribution < -0.4 is 10.1 Å². The van der Waals surface area contributed by atoms with Gasteiger partial charge >= 0.3 is 0 Å². The molecule has 1 atom stereocenters. The van der Waals surface area contributed by atoms with E-state index in [0.717, 1.165) is 5.69 Å². The number of benzene rings is 1. The molecule has 0 saturated carbocycles. The Morgan fingerprint density at radius 1 is 1.57 bits per heavy atom. The van der Waals surface area contributed by atoms with Crippen molar-refractivity contribution in [3.8, 4) is 11.8 Å². The predicted molar refractivity (Wildman–Crippen MR) is 83.5 cm³/mol. The van der Waals surface area contributed by atoms with Gasteiger partial charge in [0.1, 0.15) is 5.75 Å². The van der Waals surface area contributed by atoms with Gasteiger partial charge < -0.3 is 15.0 Å². The third-order valence-electron chi connectivity index (χ3n) is 3.01. The summed E-state index contributed by atoms with van der Waals surface area (Å²) < 4.78 is 5.22. The van der Waals surface area contributed by atoms with Crippen molar-refractivity contribution in [3.63, 3.8) is 0 Å². The Labute approximate surface area is 130 Å². The topological polar surface area (TPSA) is 65.4 Å². The molecule has 6 heteroatoms. The number of halogens is 1. The smallest absolute Gasteiger partial charge is 0.224 e. The number of ether oxygens (including phenoxy) is 1. The molecule has 0 aliphatic carbocycles. The number of nitrogens with one attached hydrogen (secondary N) is 1. The molecule has 1 aromatic carbocycles. The van der Waals surface area contributed by atoms with Crippen LogP contribution >= 0.6 is 11.6 Å². The van der Waals surface area contributed by atoms with Crippen LogP contribution in [0.3, 0.4) is 0 Å². The first-order valence-electron chi connectivity index (χ1n) is 6.69. The van der Waals surface area contributed by atoms with Crippen LogP contribution in [0.4, 0.5) is 5.69 Å². The van der Waals surface area contributed by atoms with Gasteiger partial charge in [-0.1, -0.05) is 11.6 Å². The highest BCUT2D eigenvalue weighted by molar-refractivity contribution is 6.30. The quantitative estimate of drug-likeness (QED) is 0.841. The highest BCUT2D eigenvalue weighted by Crippen LogP contribution is 2.27. The summed E-state index contributed by atoms with van der Waals surface area (Å²) in [6.45, 7) is 2.70. The normalized spacial score (nSPS) is 11.4. The molecule has 0 aromatic heterocycles. The second-order valence-corrected chi connectivity index (χ2v) is 5.26. The van der Waals surface area contributed by atoms with Gasteiger partial charge in [-0.15, -0.1) is 0 Å². The Kier molecular flexibility index (Phi) is 6.83. The molecule has 114 valence electrons. The van der Waals surface area contributed by atoms with Gasteiger partial charge in [-0.05, 0) is 25.1 Å². The van der Waals surface area contributed by atoms with Crippen LogP contribution in [0.5, 0.6) is 5.75 Å². The lowest BCUT2D eigenvalue weighted by molar-refractivity contribution is -0.129. The summed E-state index contributed by atoms with van der Waals surface area (Å²) in [7, 11) is 3.28. The largest absolute Gasteiger partial charge is 0.495 e. The first-order valence-corrected chi connectivity index (χ1v) is 7.06. The molecular formula is C15H20ClN3O2. The predicted octanol–water partition coefficient (Wildman–Crippen LogP) is 2.77. The van der Waals surface area contributed by atoms with Crippen molar-refractivity contribution in [1.29, 1.82) is 5.26 Å². The highest BCUT2D eigenvalue weighted by atomic mass is 35.5. The van der Waals surface area contributed by atoms with E-state index in [-0.39, 0.29) is 11.8 Å². The molecular weight excluding hydrogens is 290 g/mol. The molecule has 1 aromatic rings. The zero-order valence-corrected chi connectivity index (χ0v) is 13.3. The summed E-state index contributed by atoms with van der Waals surface area (Å²) in [5, 5.41) is 12.5. The SMILES string of the molecule is COc1ccc(Cl)cc1NCCC(=O)N(C)C[C@H](C)C#N. The summed E-state index contributed by atoms with van der Waals surface area (Å²) in [5.41, 5.74) is 0.755. The second kappa shape index (κ2) is 8.38. The summed E-state index contributed by atoms with van der Waals surface area (Å²) in [6.07, 6.45) is 0.338. The van der Waals surface area contributed by atoms with Gasteiger partial charge in [0.05, 0.1) is 24.8 Å². The van der Waals surface area contributed by atoms with E-state index in [1.165, 1.54) is 0 Å². The van der Waals surface area contributed by atoms with Gasteiger partial charge in [0.15, 0.2) is 0 Å². The van der Waals surface area contributed by atoms with Gasteiger partial charge in [0, 0.05) is 31.6 Å². The molecule has 21 heavy (non-hydrogen) atoms. The number of amides is 1. The lowest BCUT2D eigenvalue weighted by Gasteiger charge is -2.18. The number of nitrogens with zero attached hydrogens (tertiary/aromatic N) is 2. The molecule has 0 aliphatic rings. The maximum Gasteiger partial charge on any atom is 0.224 e. The molecule has 0 fully saturated rings. The Balaban J connectivity index is 2.48. The van der Waals surface area contributed by atoms with Crippen LogP contribution in [0, 0.1) is 17.2 Å². The molecule has 0 unspecified atom stereocenters. The number of methoxy groups -OCH3 is 1. The van der Waals surface area contributed by atoms with Gasteiger partial charge in [0.25, 0.3) is 0 Å². The van der Waals surface area contributed by atoms with Gasteiger partial charge in [-0.2, -0.15) is 5.26 Å². The molecule has 1 rings (SSSR count). The number of carbonyl (C=O) groups is 1. The van der Waals surface area contributed by atoms with Crippen molar-refractivity contribution in [3.05, 3.63) is 23.2 Å². The molecule has 0 spiro atoms. The zero-order chi connectivity index (χ0) is 15.8. The number of rotatable bonds is 7. The highest BCUT2D eigenvalue weighted by Gasteiger charge is 2.12. The average molecular weight is 310 g/mol. The van der Waals surface area contributed by atoms with E-state index in [4.69, 9.17) is 21.6 Å². The molecule has 5 nitrogen and oxygen atoms in total. The average Bonchev–Trinajstić information content (AvgIpc) is 2.47. The van der Waals surface area contributed by atoms with Gasteiger partial charge in [-0.25, -0.2) is 0 Å². The van der Waals surface area contributed by atoms with E-state index in [1.807, 2.05) is 0 Å². The molecule has 1 amide bonds. The Hall–Kier alpha value is -1.93. The zero-order valence-electron chi connectivity index (χ0n) is 12.5. The van der Waals surface area contributed by atoms with E-state index in [2.05, 4.69) is 11.4 Å². The molecule has 0 bridgehead atoms. The maximum atomic E-state index is 11.9. The Morgan fingerprint density at radius 2 is 2.29 bits per heavy atom. The fraction of sp³-hybridized carbons (Fsp3) is 0.467. The molecule has 1 N–H and O–H groups in total. The van der Waals surface area contributed by atoms with Crippen LogP contribution in [0.1, 0.15) is 13.3 Å². The number of carbonyl (C=O) groups excluding carboxylic acids is 1. The first-order chi connectivity index (χ1) is 9.97. The van der Waals surface area contributed by atoms with Crippen LogP contribution in [0.2, 0.25) is 5.02 Å². The number of anilines is 1. The summed E-state index contributed by atoms with van der Waals surface area (Å²) in [5.74, 6) is 0.504. The summed E-state index contributed by atoms with van der Waals surface area (Å²) in [6, 6.07) is 7.38. The Morgan fingerprint density at radius 3 is 2.90 bits per heavy atom. The van der Waals surface area contributed by atoms with E-state index < -0.39 is 0 Å². The van der Waals surface area contributed by atoms with E-state index in [0.29, 0.717) is 30.3 Å². The third kappa shape index (κ3) is 5.52. The maximum absolute atomic E-state index is 11.9. The third-order valence-corrected chi connectivity index (χ3v) is 3.24. The standard InChI is InChI=1S/C15H20ClN3O2/c1-11(9-17)10-19(2)15(20)6-7-18-13-8-12(16)4-5-14(13)21-3/h4-5,8,11,18H,6-7,10H2,1-3H3/t11-/m1/s1. The van der Waals surface area contributed by atoms with Crippen molar-refractivity contribution in [2.24, 2.45) is 5.92 Å². The van der Waals surface area contributed by atoms with Crippen LogP contribution in [0.25, 0.3) is 0 Å². The van der Waals surface area contributed by atoms with Crippen molar-refractivity contribution in [2.75, 3.05) is 32.6 Å². The lowest BCUT2D eigenvalue weighted by Crippen LogP contribution is -2.31. The van der Waals surface area contributed by atoms with Crippen LogP contribution in [-0.4, -0.2) is 38.1 Å². The minimum Gasteiger partial charge on any atom is -0.495 e. The van der Waals surface area contributed by atoms with E-state index in [1.54, 1.807) is 44.2 Å². The van der Waals surface area contributed by atoms with Crippen molar-refractivity contribution in [2.45, 2.75) is 13.3 Å². The minimum absolute atomic E-state index is 0.00871. The fourth-order valence-electron chi connectivity index (χ4n) is 1.87. The number of nitriles is 1. The van der Waals surface area contributed by atoms with Crippen molar-refractivity contribution < 1.29 is 9.53 Å². The Bertz CT molecular complexity index is 528. The van der Waals surface area contributed by atoms with Crippen molar-refractivity contribution >= 4 is 23.2 Å². The van der Waals surface area contributed by atoms with E-state index >= 15 is 0 Å². The van der Waals surface area contributed by atoms with Gasteiger partial charge in [-0.3, -0.25) is 4.79 Å². The minimum atomic E-state index is -0.167. The molecule has 0 saturated heterocycles. The lowest BCUT2D eigenvalue weighted by atomic mass is 10.2. The fourth-order valence-corrected chi connectivity index (χ4v) is 2.04. The molecule has 0 radical (unpaired) electrons. The van der Waals surface area contributed by atoms with Gasteiger partial charge in [0.2, 0.25) is 5.91 Å². The summed E-state index contributed by atoms with van der Waals surface area (Å²) in [4.78, 5) is 13.5. The monoisotopic (exact) mass is 309 g/mol. The van der Waals surface area contributed by atoms with E-state index in [9.17, 15) is 4.79 Å². The molecule has 0 aliphatic heterocycles. The number of hydrogen-bond acceptors (Lipinski definition) is 4. The van der Waals surface area contributed by atoms with Crippen molar-refractivity contribution in [1.82, 2.24) is 4.90 Å². The second-order valence-electron chi connectivity index (χ2n) is 4.83.